The summed E-state index contributed by atoms with van der Waals surface area (Å²) in [5.41, 5.74) is -0.935. The number of aromatic nitrogens is 3. The smallest absolute Gasteiger partial charge is 0.378 e. The van der Waals surface area contributed by atoms with E-state index in [9.17, 15) is 13.2 Å². The van der Waals surface area contributed by atoms with Crippen LogP contribution in [0.2, 0.25) is 0 Å². The molecule has 0 saturated carbocycles. The molecule has 0 radical (unpaired) electrons. The number of alkyl halides is 3. The monoisotopic (exact) mass is 348 g/mol. The average Bonchev–Trinajstić information content (AvgIpc) is 3.12. The number of ether oxygens (including phenoxy) is 1. The summed E-state index contributed by atoms with van der Waals surface area (Å²) in [6.45, 7) is 2.59. The van der Waals surface area contributed by atoms with E-state index in [-0.39, 0.29) is 0 Å². The Bertz CT molecular complexity index is 900. The van der Waals surface area contributed by atoms with Crippen LogP contribution in [0.25, 0.3) is 16.6 Å². The molecule has 1 fully saturated rings. The second kappa shape index (κ2) is 6.03. The number of hydrogen-bond acceptors (Lipinski definition) is 4. The van der Waals surface area contributed by atoms with E-state index >= 15 is 0 Å². The Hall–Kier alpha value is -2.61. The molecule has 0 unspecified atom stereocenters. The second-order valence-corrected chi connectivity index (χ2v) is 5.77. The molecule has 25 heavy (non-hydrogen) atoms. The lowest BCUT2D eigenvalue weighted by molar-refractivity contribution is -0.141. The summed E-state index contributed by atoms with van der Waals surface area (Å²) in [4.78, 5) is 6.66. The lowest BCUT2D eigenvalue weighted by atomic mass is 10.1. The molecule has 1 saturated heterocycles. The van der Waals surface area contributed by atoms with Gasteiger partial charge in [-0.15, -0.1) is 0 Å². The maximum absolute atomic E-state index is 12.9. The molecule has 1 aliphatic rings. The van der Waals surface area contributed by atoms with Gasteiger partial charge >= 0.3 is 6.18 Å². The Labute approximate surface area is 141 Å². The summed E-state index contributed by atoms with van der Waals surface area (Å²) in [6, 6.07) is 10.4. The Morgan fingerprint density at radius 3 is 2.52 bits per heavy atom. The SMILES string of the molecule is FC(F)(F)c1ccn(-c2nc(N3CCOCC3)cc3ccccc23)n1. The van der Waals surface area contributed by atoms with Gasteiger partial charge in [0.05, 0.1) is 13.2 Å². The maximum Gasteiger partial charge on any atom is 0.435 e. The van der Waals surface area contributed by atoms with Crippen LogP contribution in [0.15, 0.2) is 42.6 Å². The van der Waals surface area contributed by atoms with Gasteiger partial charge in [0.15, 0.2) is 11.5 Å². The summed E-state index contributed by atoms with van der Waals surface area (Å²) in [6.07, 6.45) is -3.19. The third kappa shape index (κ3) is 3.05. The molecule has 1 aliphatic heterocycles. The van der Waals surface area contributed by atoms with E-state index in [0.29, 0.717) is 37.9 Å². The average molecular weight is 348 g/mol. The number of rotatable bonds is 2. The molecule has 1 aromatic carbocycles. The van der Waals surface area contributed by atoms with Gasteiger partial charge in [-0.3, -0.25) is 0 Å². The van der Waals surface area contributed by atoms with Gasteiger partial charge in [0.25, 0.3) is 0 Å². The lowest BCUT2D eigenvalue weighted by Gasteiger charge is -2.28. The molecule has 4 rings (SSSR count). The van der Waals surface area contributed by atoms with Crippen molar-refractivity contribution in [3.8, 4) is 5.82 Å². The van der Waals surface area contributed by atoms with E-state index < -0.39 is 11.9 Å². The number of anilines is 1. The van der Waals surface area contributed by atoms with Crippen LogP contribution >= 0.6 is 0 Å². The van der Waals surface area contributed by atoms with E-state index in [1.807, 2.05) is 30.3 Å². The molecule has 8 heteroatoms. The number of fused-ring (bicyclic) bond motifs is 1. The Kier molecular flexibility index (Phi) is 3.84. The van der Waals surface area contributed by atoms with Gasteiger partial charge in [0.1, 0.15) is 5.82 Å². The molecular weight excluding hydrogens is 333 g/mol. The zero-order valence-electron chi connectivity index (χ0n) is 13.2. The zero-order chi connectivity index (χ0) is 17.4. The number of halogens is 3. The van der Waals surface area contributed by atoms with Crippen molar-refractivity contribution in [3.63, 3.8) is 0 Å². The van der Waals surface area contributed by atoms with E-state index in [1.165, 1.54) is 10.9 Å². The van der Waals surface area contributed by atoms with Crippen LogP contribution in [0.3, 0.4) is 0 Å². The van der Waals surface area contributed by atoms with Crippen LogP contribution in [0.5, 0.6) is 0 Å². The standard InChI is InChI=1S/C17H15F3N4O/c18-17(19,20)14-5-6-24(22-14)16-13-4-2-1-3-12(13)11-15(21-16)23-7-9-25-10-8-23/h1-6,11H,7-10H2. The third-order valence-electron chi connectivity index (χ3n) is 4.14. The van der Waals surface area contributed by atoms with Crippen molar-refractivity contribution in [3.05, 3.63) is 48.3 Å². The van der Waals surface area contributed by atoms with Crippen molar-refractivity contribution < 1.29 is 17.9 Å². The van der Waals surface area contributed by atoms with E-state index in [2.05, 4.69) is 15.0 Å². The topological polar surface area (TPSA) is 43.2 Å². The highest BCUT2D eigenvalue weighted by Gasteiger charge is 2.34. The number of benzene rings is 1. The molecule has 130 valence electrons. The first-order valence-electron chi connectivity index (χ1n) is 7.88. The quantitative estimate of drug-likeness (QED) is 0.713. The first kappa shape index (κ1) is 15.9. The second-order valence-electron chi connectivity index (χ2n) is 5.77. The van der Waals surface area contributed by atoms with Crippen LogP contribution in [0.4, 0.5) is 19.0 Å². The van der Waals surface area contributed by atoms with Crippen LogP contribution in [-0.2, 0) is 10.9 Å². The van der Waals surface area contributed by atoms with Crippen molar-refractivity contribution in [2.24, 2.45) is 0 Å². The molecular formula is C17H15F3N4O. The summed E-state index contributed by atoms with van der Waals surface area (Å²) in [5.74, 6) is 1.09. The highest BCUT2D eigenvalue weighted by Crippen LogP contribution is 2.30. The summed E-state index contributed by atoms with van der Waals surface area (Å²) < 4.78 is 45.2. The molecule has 0 spiro atoms. The van der Waals surface area contributed by atoms with Crippen LogP contribution < -0.4 is 4.90 Å². The van der Waals surface area contributed by atoms with Crippen molar-refractivity contribution in [1.82, 2.24) is 14.8 Å². The van der Waals surface area contributed by atoms with Gasteiger partial charge in [0.2, 0.25) is 0 Å². The predicted octanol–water partition coefficient (Wildman–Crippen LogP) is 3.28. The molecule has 0 bridgehead atoms. The van der Waals surface area contributed by atoms with Crippen molar-refractivity contribution in [2.45, 2.75) is 6.18 Å². The van der Waals surface area contributed by atoms with Gasteiger partial charge < -0.3 is 9.64 Å². The van der Waals surface area contributed by atoms with Gasteiger partial charge in [-0.25, -0.2) is 9.67 Å². The van der Waals surface area contributed by atoms with Crippen LogP contribution in [0, 0.1) is 0 Å². The number of hydrogen-bond donors (Lipinski definition) is 0. The number of pyridine rings is 1. The minimum absolute atomic E-state index is 0.384. The minimum Gasteiger partial charge on any atom is -0.378 e. The molecule has 0 amide bonds. The molecule has 3 heterocycles. The summed E-state index contributed by atoms with van der Waals surface area (Å²) >= 11 is 0. The van der Waals surface area contributed by atoms with Crippen LogP contribution in [0.1, 0.15) is 5.69 Å². The largest absolute Gasteiger partial charge is 0.435 e. The lowest BCUT2D eigenvalue weighted by Crippen LogP contribution is -2.36. The minimum atomic E-state index is -4.48. The molecule has 2 aromatic heterocycles. The summed E-state index contributed by atoms with van der Waals surface area (Å²) in [5, 5.41) is 5.32. The van der Waals surface area contributed by atoms with Gasteiger partial charge in [0, 0.05) is 24.7 Å². The van der Waals surface area contributed by atoms with Gasteiger partial charge in [-0.05, 0) is 17.5 Å². The molecule has 3 aromatic rings. The normalized spacial score (nSPS) is 15.7. The number of nitrogens with zero attached hydrogens (tertiary/aromatic N) is 4. The Balaban J connectivity index is 1.85. The van der Waals surface area contributed by atoms with Crippen molar-refractivity contribution in [1.29, 1.82) is 0 Å². The fourth-order valence-electron chi connectivity index (χ4n) is 2.89. The highest BCUT2D eigenvalue weighted by molar-refractivity contribution is 5.90. The number of morpholine rings is 1. The predicted molar refractivity (Wildman–Crippen MR) is 86.9 cm³/mol. The summed E-state index contributed by atoms with van der Waals surface area (Å²) in [7, 11) is 0. The molecule has 0 N–H and O–H groups in total. The van der Waals surface area contributed by atoms with Gasteiger partial charge in [-0.1, -0.05) is 24.3 Å². The van der Waals surface area contributed by atoms with Crippen molar-refractivity contribution in [2.75, 3.05) is 31.2 Å². The fraction of sp³-hybridized carbons (Fsp3) is 0.294. The first-order chi connectivity index (χ1) is 12.0. The highest BCUT2D eigenvalue weighted by atomic mass is 19.4. The van der Waals surface area contributed by atoms with Crippen LogP contribution in [-0.4, -0.2) is 41.1 Å². The Morgan fingerprint density at radius 2 is 1.80 bits per heavy atom. The Morgan fingerprint density at radius 1 is 1.04 bits per heavy atom. The zero-order valence-corrected chi connectivity index (χ0v) is 13.2. The van der Waals surface area contributed by atoms with E-state index in [0.717, 1.165) is 16.8 Å². The molecule has 0 aliphatic carbocycles. The van der Waals surface area contributed by atoms with Crippen molar-refractivity contribution >= 4 is 16.6 Å². The molecule has 5 nitrogen and oxygen atoms in total. The van der Waals surface area contributed by atoms with Gasteiger partial charge in [-0.2, -0.15) is 18.3 Å². The van der Waals surface area contributed by atoms with E-state index in [4.69, 9.17) is 4.74 Å². The molecule has 0 atom stereocenters. The maximum atomic E-state index is 12.9. The third-order valence-corrected chi connectivity index (χ3v) is 4.14. The fourth-order valence-corrected chi connectivity index (χ4v) is 2.89. The first-order valence-corrected chi connectivity index (χ1v) is 7.88. The van der Waals surface area contributed by atoms with E-state index in [1.54, 1.807) is 0 Å².